The van der Waals surface area contributed by atoms with Crippen molar-refractivity contribution < 1.29 is 13.9 Å². The van der Waals surface area contributed by atoms with Crippen LogP contribution in [0.1, 0.15) is 18.1 Å². The first-order chi connectivity index (χ1) is 14.0. The van der Waals surface area contributed by atoms with E-state index in [1.807, 2.05) is 12.1 Å². The van der Waals surface area contributed by atoms with E-state index in [0.29, 0.717) is 12.3 Å². The van der Waals surface area contributed by atoms with Crippen LogP contribution in [0.15, 0.2) is 42.5 Å². The Kier molecular flexibility index (Phi) is 7.86. The van der Waals surface area contributed by atoms with Gasteiger partial charge in [0.05, 0.1) is 5.02 Å². The van der Waals surface area contributed by atoms with Crippen LogP contribution in [0.25, 0.3) is 0 Å². The van der Waals surface area contributed by atoms with E-state index in [0.717, 1.165) is 44.8 Å². The molecule has 7 heteroatoms. The fourth-order valence-electron chi connectivity index (χ4n) is 3.25. The molecule has 2 aromatic carbocycles. The molecule has 1 saturated heterocycles. The number of amides is 1. The SMILES string of the molecule is CCN1CCN(Cc2ccc(CNC(=O)COc3ccc(F)c(Cl)c3)cc2)CC1. The summed E-state index contributed by atoms with van der Waals surface area (Å²) in [5, 5.41) is 2.79. The third-order valence-electron chi connectivity index (χ3n) is 5.09. The summed E-state index contributed by atoms with van der Waals surface area (Å²) < 4.78 is 18.5. The van der Waals surface area contributed by atoms with Crippen molar-refractivity contribution in [3.8, 4) is 5.75 Å². The highest BCUT2D eigenvalue weighted by Gasteiger charge is 2.15. The maximum Gasteiger partial charge on any atom is 0.258 e. The van der Waals surface area contributed by atoms with Crippen molar-refractivity contribution in [1.29, 1.82) is 0 Å². The minimum Gasteiger partial charge on any atom is -0.484 e. The number of hydrogen-bond donors (Lipinski definition) is 1. The smallest absolute Gasteiger partial charge is 0.258 e. The first kappa shape index (κ1) is 21.6. The van der Waals surface area contributed by atoms with Crippen LogP contribution in [-0.2, 0) is 17.9 Å². The number of benzene rings is 2. The number of ether oxygens (including phenoxy) is 1. The first-order valence-electron chi connectivity index (χ1n) is 9.90. The Balaban J connectivity index is 1.39. The molecule has 5 nitrogen and oxygen atoms in total. The van der Waals surface area contributed by atoms with Gasteiger partial charge in [0.25, 0.3) is 5.91 Å². The Hall–Kier alpha value is -2.15. The molecule has 1 amide bonds. The van der Waals surface area contributed by atoms with Crippen LogP contribution in [-0.4, -0.2) is 55.0 Å². The number of carbonyl (C=O) groups excluding carboxylic acids is 1. The lowest BCUT2D eigenvalue weighted by atomic mass is 10.1. The first-order valence-corrected chi connectivity index (χ1v) is 10.3. The molecule has 3 rings (SSSR count). The van der Waals surface area contributed by atoms with Gasteiger partial charge in [-0.2, -0.15) is 0 Å². The summed E-state index contributed by atoms with van der Waals surface area (Å²) in [5.41, 5.74) is 2.31. The molecule has 0 aliphatic carbocycles. The van der Waals surface area contributed by atoms with E-state index in [1.165, 1.54) is 23.8 Å². The van der Waals surface area contributed by atoms with Crippen LogP contribution in [0.4, 0.5) is 4.39 Å². The van der Waals surface area contributed by atoms with E-state index < -0.39 is 5.82 Å². The van der Waals surface area contributed by atoms with Crippen molar-refractivity contribution in [1.82, 2.24) is 15.1 Å². The van der Waals surface area contributed by atoms with Crippen LogP contribution >= 0.6 is 11.6 Å². The number of carbonyl (C=O) groups is 1. The molecule has 1 aliphatic rings. The van der Waals surface area contributed by atoms with Gasteiger partial charge < -0.3 is 15.0 Å². The fourth-order valence-corrected chi connectivity index (χ4v) is 3.42. The van der Waals surface area contributed by atoms with E-state index in [1.54, 1.807) is 0 Å². The molecule has 0 saturated carbocycles. The zero-order valence-corrected chi connectivity index (χ0v) is 17.4. The molecule has 1 aliphatic heterocycles. The van der Waals surface area contributed by atoms with Gasteiger partial charge in [0.15, 0.2) is 6.61 Å². The third-order valence-corrected chi connectivity index (χ3v) is 5.38. The molecule has 1 fully saturated rings. The molecule has 0 radical (unpaired) electrons. The van der Waals surface area contributed by atoms with Gasteiger partial charge >= 0.3 is 0 Å². The van der Waals surface area contributed by atoms with Gasteiger partial charge in [-0.1, -0.05) is 42.8 Å². The monoisotopic (exact) mass is 419 g/mol. The van der Waals surface area contributed by atoms with Crippen molar-refractivity contribution in [3.05, 3.63) is 64.4 Å². The number of piperazine rings is 1. The van der Waals surface area contributed by atoms with E-state index >= 15 is 0 Å². The zero-order valence-electron chi connectivity index (χ0n) is 16.7. The molecule has 2 aromatic rings. The zero-order chi connectivity index (χ0) is 20.6. The number of hydrogen-bond acceptors (Lipinski definition) is 4. The van der Waals surface area contributed by atoms with Crippen molar-refractivity contribution in [3.63, 3.8) is 0 Å². The van der Waals surface area contributed by atoms with Crippen molar-refractivity contribution in [2.24, 2.45) is 0 Å². The van der Waals surface area contributed by atoms with Gasteiger partial charge in [-0.05, 0) is 29.8 Å². The second-order valence-corrected chi connectivity index (χ2v) is 7.58. The third kappa shape index (κ3) is 6.70. The molecule has 0 unspecified atom stereocenters. The summed E-state index contributed by atoms with van der Waals surface area (Å²) in [6.45, 7) is 9.04. The predicted molar refractivity (Wildman–Crippen MR) is 113 cm³/mol. The van der Waals surface area contributed by atoms with Crippen molar-refractivity contribution >= 4 is 17.5 Å². The summed E-state index contributed by atoms with van der Waals surface area (Å²) in [4.78, 5) is 16.9. The predicted octanol–water partition coefficient (Wildman–Crippen LogP) is 3.31. The quantitative estimate of drug-likeness (QED) is 0.713. The van der Waals surface area contributed by atoms with Crippen LogP contribution in [0, 0.1) is 5.82 Å². The summed E-state index contributed by atoms with van der Waals surface area (Å²) in [6.07, 6.45) is 0. The molecule has 156 valence electrons. The highest BCUT2D eigenvalue weighted by Crippen LogP contribution is 2.20. The fraction of sp³-hybridized carbons (Fsp3) is 0.409. The Labute approximate surface area is 176 Å². The standard InChI is InChI=1S/C22H27ClFN3O2/c1-2-26-9-11-27(12-10-26)15-18-5-3-17(4-6-18)14-25-22(28)16-29-19-7-8-21(24)20(23)13-19/h3-8,13H,2,9-12,14-16H2,1H3,(H,25,28). The van der Waals surface area contributed by atoms with Crippen molar-refractivity contribution in [2.75, 3.05) is 39.3 Å². The average Bonchev–Trinajstić information content (AvgIpc) is 2.74. The molecular formula is C22H27ClFN3O2. The maximum absolute atomic E-state index is 13.1. The average molecular weight is 420 g/mol. The summed E-state index contributed by atoms with van der Waals surface area (Å²) in [6, 6.07) is 12.3. The number of likely N-dealkylation sites (N-methyl/N-ethyl adjacent to an activating group) is 1. The van der Waals surface area contributed by atoms with Gasteiger partial charge in [0.2, 0.25) is 0 Å². The Morgan fingerprint density at radius 3 is 2.38 bits per heavy atom. The summed E-state index contributed by atoms with van der Waals surface area (Å²) in [7, 11) is 0. The lowest BCUT2D eigenvalue weighted by Crippen LogP contribution is -2.45. The van der Waals surface area contributed by atoms with Crippen LogP contribution in [0.2, 0.25) is 5.02 Å². The van der Waals surface area contributed by atoms with E-state index in [2.05, 4.69) is 34.2 Å². The number of halogens is 2. The topological polar surface area (TPSA) is 44.8 Å². The second kappa shape index (κ2) is 10.6. The van der Waals surface area contributed by atoms with Gasteiger partial charge in [-0.25, -0.2) is 4.39 Å². The van der Waals surface area contributed by atoms with Gasteiger partial charge in [-0.3, -0.25) is 9.69 Å². The Morgan fingerprint density at radius 2 is 1.72 bits per heavy atom. The number of rotatable bonds is 8. The van der Waals surface area contributed by atoms with E-state index in [-0.39, 0.29) is 17.5 Å². The molecule has 0 bridgehead atoms. The Morgan fingerprint density at radius 1 is 1.07 bits per heavy atom. The highest BCUT2D eigenvalue weighted by molar-refractivity contribution is 6.30. The van der Waals surface area contributed by atoms with Crippen molar-refractivity contribution in [2.45, 2.75) is 20.0 Å². The van der Waals surface area contributed by atoms with Gasteiger partial charge in [0.1, 0.15) is 11.6 Å². The Bertz CT molecular complexity index is 808. The lowest BCUT2D eigenvalue weighted by Gasteiger charge is -2.34. The minimum absolute atomic E-state index is 0.0322. The van der Waals surface area contributed by atoms with E-state index in [4.69, 9.17) is 16.3 Å². The molecule has 0 spiro atoms. The van der Waals surface area contributed by atoms with Crippen LogP contribution in [0.3, 0.4) is 0 Å². The number of nitrogens with zero attached hydrogens (tertiary/aromatic N) is 2. The van der Waals surface area contributed by atoms with Gasteiger partial charge in [0, 0.05) is 45.3 Å². The maximum atomic E-state index is 13.1. The van der Waals surface area contributed by atoms with Crippen LogP contribution < -0.4 is 10.1 Å². The molecule has 0 aromatic heterocycles. The summed E-state index contributed by atoms with van der Waals surface area (Å²) in [5.74, 6) is -0.408. The minimum atomic E-state index is -0.518. The van der Waals surface area contributed by atoms with E-state index in [9.17, 15) is 9.18 Å². The highest BCUT2D eigenvalue weighted by atomic mass is 35.5. The molecule has 1 heterocycles. The molecule has 1 N–H and O–H groups in total. The second-order valence-electron chi connectivity index (χ2n) is 7.17. The largest absolute Gasteiger partial charge is 0.484 e. The summed E-state index contributed by atoms with van der Waals surface area (Å²) >= 11 is 5.70. The number of nitrogens with one attached hydrogen (secondary N) is 1. The normalized spacial score (nSPS) is 15.3. The van der Waals surface area contributed by atoms with Crippen LogP contribution in [0.5, 0.6) is 5.75 Å². The molecule has 0 atom stereocenters. The van der Waals surface area contributed by atoms with Gasteiger partial charge in [-0.15, -0.1) is 0 Å². The molecular weight excluding hydrogens is 393 g/mol. The molecule has 29 heavy (non-hydrogen) atoms. The lowest BCUT2D eigenvalue weighted by molar-refractivity contribution is -0.123.